The van der Waals surface area contributed by atoms with Crippen molar-refractivity contribution >= 4 is 16.6 Å². The van der Waals surface area contributed by atoms with E-state index in [4.69, 9.17) is 4.74 Å². The van der Waals surface area contributed by atoms with E-state index in [-0.39, 0.29) is 5.75 Å². The van der Waals surface area contributed by atoms with Crippen molar-refractivity contribution in [3.05, 3.63) is 59.8 Å². The number of fused-ring (bicyclic) bond motifs is 1. The number of hydrogen-bond donors (Lipinski definition) is 3. The molecule has 3 rings (SSSR count). The van der Waals surface area contributed by atoms with Crippen molar-refractivity contribution in [1.82, 2.24) is 10.3 Å². The SMILES string of the molecule is CCCCNc1ccc2[nH]cc(CCNCc3cccc(OCC(F)(F)C(F)F)c3)c2c1. The first-order chi connectivity index (χ1) is 15.4. The third-order valence-electron chi connectivity index (χ3n) is 5.18. The number of anilines is 1. The van der Waals surface area contributed by atoms with Gasteiger partial charge in [-0.1, -0.05) is 25.5 Å². The van der Waals surface area contributed by atoms with Crippen LogP contribution in [0.5, 0.6) is 5.75 Å². The molecule has 1 heterocycles. The molecule has 0 aliphatic rings. The molecule has 3 aromatic rings. The molecule has 2 aromatic carbocycles. The Balaban J connectivity index is 1.50. The normalized spacial score (nSPS) is 11.9. The Hall–Kier alpha value is -2.74. The number of hydrogen-bond acceptors (Lipinski definition) is 3. The van der Waals surface area contributed by atoms with Gasteiger partial charge < -0.3 is 20.4 Å². The Kier molecular flexibility index (Phi) is 8.39. The Bertz CT molecular complexity index is 990. The minimum absolute atomic E-state index is 0.143. The van der Waals surface area contributed by atoms with E-state index in [9.17, 15) is 17.6 Å². The average molecular weight is 452 g/mol. The lowest BCUT2D eigenvalue weighted by molar-refractivity contribution is -0.148. The fourth-order valence-electron chi connectivity index (χ4n) is 3.35. The van der Waals surface area contributed by atoms with Crippen molar-refractivity contribution in [2.45, 2.75) is 45.1 Å². The number of aromatic nitrogens is 1. The zero-order chi connectivity index (χ0) is 23.0. The van der Waals surface area contributed by atoms with E-state index in [2.05, 4.69) is 40.7 Å². The summed E-state index contributed by atoms with van der Waals surface area (Å²) in [5.74, 6) is -4.02. The maximum Gasteiger partial charge on any atom is 0.340 e. The second-order valence-corrected chi connectivity index (χ2v) is 7.78. The molecule has 0 saturated carbocycles. The number of nitrogens with one attached hydrogen (secondary N) is 3. The van der Waals surface area contributed by atoms with Crippen molar-refractivity contribution in [2.24, 2.45) is 0 Å². The van der Waals surface area contributed by atoms with Gasteiger partial charge >= 0.3 is 12.3 Å². The molecule has 0 bridgehead atoms. The van der Waals surface area contributed by atoms with Gasteiger partial charge in [0.15, 0.2) is 6.61 Å². The molecule has 0 aliphatic heterocycles. The number of alkyl halides is 4. The van der Waals surface area contributed by atoms with Gasteiger partial charge in [-0.25, -0.2) is 8.78 Å². The zero-order valence-electron chi connectivity index (χ0n) is 18.1. The van der Waals surface area contributed by atoms with Crippen LogP contribution < -0.4 is 15.4 Å². The van der Waals surface area contributed by atoms with E-state index in [1.54, 1.807) is 12.1 Å². The molecule has 32 heavy (non-hydrogen) atoms. The first-order valence-corrected chi connectivity index (χ1v) is 10.8. The van der Waals surface area contributed by atoms with Gasteiger partial charge in [-0.15, -0.1) is 0 Å². The summed E-state index contributed by atoms with van der Waals surface area (Å²) in [6.45, 7) is 2.99. The largest absolute Gasteiger partial charge is 0.487 e. The molecule has 0 saturated heterocycles. The minimum atomic E-state index is -4.17. The highest BCUT2D eigenvalue weighted by Gasteiger charge is 2.41. The summed E-state index contributed by atoms with van der Waals surface area (Å²) in [5.41, 5.74) is 4.22. The fraction of sp³-hybridized carbons (Fsp3) is 0.417. The number of aromatic amines is 1. The molecule has 1 aromatic heterocycles. The molecule has 0 aliphatic carbocycles. The standard InChI is InChI=1S/C24H29F4N3O/c1-2-3-10-30-19-7-8-22-21(13-19)18(15-31-22)9-11-29-14-17-5-4-6-20(12-17)32-16-24(27,28)23(25)26/h4-8,12-13,15,23,29-31H,2-3,9-11,14,16H2,1H3. The van der Waals surface area contributed by atoms with Crippen LogP contribution in [0.1, 0.15) is 30.9 Å². The maximum absolute atomic E-state index is 13.0. The summed E-state index contributed by atoms with van der Waals surface area (Å²) in [7, 11) is 0. The summed E-state index contributed by atoms with van der Waals surface area (Å²) < 4.78 is 55.5. The number of rotatable bonds is 13. The lowest BCUT2D eigenvalue weighted by atomic mass is 10.1. The molecule has 0 unspecified atom stereocenters. The van der Waals surface area contributed by atoms with E-state index >= 15 is 0 Å². The fourth-order valence-corrected chi connectivity index (χ4v) is 3.35. The van der Waals surface area contributed by atoms with E-state index in [1.807, 2.05) is 12.3 Å². The van der Waals surface area contributed by atoms with Gasteiger partial charge in [-0.2, -0.15) is 8.78 Å². The molecule has 0 atom stereocenters. The second-order valence-electron chi connectivity index (χ2n) is 7.78. The molecule has 8 heteroatoms. The number of H-pyrrole nitrogens is 1. The monoisotopic (exact) mass is 451 g/mol. The highest BCUT2D eigenvalue weighted by Crippen LogP contribution is 2.25. The molecular weight excluding hydrogens is 422 g/mol. The van der Waals surface area contributed by atoms with Crippen LogP contribution in [0.15, 0.2) is 48.7 Å². The molecule has 0 fully saturated rings. The van der Waals surface area contributed by atoms with Crippen LogP contribution in [0.3, 0.4) is 0 Å². The smallest absolute Gasteiger partial charge is 0.340 e. The molecule has 174 valence electrons. The molecular formula is C24H29F4N3O. The number of unbranched alkanes of at least 4 members (excludes halogenated alkanes) is 1. The third kappa shape index (κ3) is 6.63. The summed E-state index contributed by atoms with van der Waals surface area (Å²) in [6, 6.07) is 12.8. The second kappa shape index (κ2) is 11.2. The summed E-state index contributed by atoms with van der Waals surface area (Å²) in [6.07, 6.45) is 1.35. The summed E-state index contributed by atoms with van der Waals surface area (Å²) in [4.78, 5) is 3.30. The van der Waals surface area contributed by atoms with Crippen molar-refractivity contribution in [3.8, 4) is 5.75 Å². The molecule has 0 radical (unpaired) electrons. The predicted molar refractivity (Wildman–Crippen MR) is 120 cm³/mol. The number of halogens is 4. The zero-order valence-corrected chi connectivity index (χ0v) is 18.1. The Morgan fingerprint density at radius 2 is 1.94 bits per heavy atom. The van der Waals surface area contributed by atoms with Gasteiger partial charge in [0.1, 0.15) is 5.75 Å². The first kappa shape index (κ1) is 23.9. The van der Waals surface area contributed by atoms with Gasteiger partial charge in [0.25, 0.3) is 0 Å². The van der Waals surface area contributed by atoms with E-state index in [0.29, 0.717) is 6.54 Å². The van der Waals surface area contributed by atoms with Crippen LogP contribution >= 0.6 is 0 Å². The topological polar surface area (TPSA) is 49.1 Å². The lowest BCUT2D eigenvalue weighted by Gasteiger charge is -2.16. The van der Waals surface area contributed by atoms with Gasteiger partial charge in [0, 0.05) is 35.9 Å². The van der Waals surface area contributed by atoms with Crippen molar-refractivity contribution in [2.75, 3.05) is 25.0 Å². The van der Waals surface area contributed by atoms with Crippen LogP contribution in [-0.2, 0) is 13.0 Å². The van der Waals surface area contributed by atoms with Gasteiger partial charge in [0.2, 0.25) is 0 Å². The lowest BCUT2D eigenvalue weighted by Crippen LogP contribution is -2.33. The van der Waals surface area contributed by atoms with E-state index in [1.165, 1.54) is 17.0 Å². The van der Waals surface area contributed by atoms with Crippen LogP contribution in [-0.4, -0.2) is 37.0 Å². The van der Waals surface area contributed by atoms with Gasteiger partial charge in [-0.3, -0.25) is 0 Å². The molecule has 4 nitrogen and oxygen atoms in total. The molecule has 0 amide bonds. The Labute approximate surface area is 185 Å². The van der Waals surface area contributed by atoms with Gasteiger partial charge in [-0.05, 0) is 60.8 Å². The minimum Gasteiger partial charge on any atom is -0.487 e. The van der Waals surface area contributed by atoms with Crippen molar-refractivity contribution < 1.29 is 22.3 Å². The number of benzene rings is 2. The highest BCUT2D eigenvalue weighted by atomic mass is 19.3. The highest BCUT2D eigenvalue weighted by molar-refractivity contribution is 5.86. The third-order valence-corrected chi connectivity index (χ3v) is 5.18. The van der Waals surface area contributed by atoms with Gasteiger partial charge in [0.05, 0.1) is 0 Å². The summed E-state index contributed by atoms with van der Waals surface area (Å²) >= 11 is 0. The van der Waals surface area contributed by atoms with E-state index < -0.39 is 19.0 Å². The Morgan fingerprint density at radius 1 is 1.09 bits per heavy atom. The quantitative estimate of drug-likeness (QED) is 0.221. The average Bonchev–Trinajstić information content (AvgIpc) is 3.18. The van der Waals surface area contributed by atoms with Crippen LogP contribution in [0.25, 0.3) is 10.9 Å². The maximum atomic E-state index is 13.0. The summed E-state index contributed by atoms with van der Waals surface area (Å²) in [5, 5.41) is 7.95. The Morgan fingerprint density at radius 3 is 2.72 bits per heavy atom. The van der Waals surface area contributed by atoms with Crippen molar-refractivity contribution in [1.29, 1.82) is 0 Å². The van der Waals surface area contributed by atoms with E-state index in [0.717, 1.165) is 49.1 Å². The number of ether oxygens (including phenoxy) is 1. The molecule has 0 spiro atoms. The molecule has 3 N–H and O–H groups in total. The first-order valence-electron chi connectivity index (χ1n) is 10.8. The van der Waals surface area contributed by atoms with Crippen LogP contribution in [0.4, 0.5) is 23.2 Å². The predicted octanol–water partition coefficient (Wildman–Crippen LogP) is 5.99. The van der Waals surface area contributed by atoms with Crippen LogP contribution in [0.2, 0.25) is 0 Å². The van der Waals surface area contributed by atoms with Crippen molar-refractivity contribution in [3.63, 3.8) is 0 Å². The van der Waals surface area contributed by atoms with Crippen LogP contribution in [0, 0.1) is 0 Å².